The number of sulfone groups is 1. The zero-order valence-electron chi connectivity index (χ0n) is 18.5. The molecule has 3 aliphatic rings. The van der Waals surface area contributed by atoms with Crippen LogP contribution in [0.3, 0.4) is 0 Å². The Bertz CT molecular complexity index is 1100. The van der Waals surface area contributed by atoms with Crippen molar-refractivity contribution in [2.24, 2.45) is 5.92 Å². The molecule has 4 rings (SSSR count). The molecule has 2 aliphatic heterocycles. The topological polar surface area (TPSA) is 99.8 Å². The van der Waals surface area contributed by atoms with Crippen LogP contribution in [0.5, 0.6) is 0 Å². The van der Waals surface area contributed by atoms with E-state index in [-0.39, 0.29) is 35.8 Å². The third-order valence-electron chi connectivity index (χ3n) is 6.52. The number of carbonyl (C=O) groups excluding carboxylic acids is 2. The molecule has 1 aromatic rings. The van der Waals surface area contributed by atoms with Crippen LogP contribution < -0.4 is 0 Å². The molecule has 1 aliphatic carbocycles. The van der Waals surface area contributed by atoms with E-state index in [1.165, 1.54) is 0 Å². The van der Waals surface area contributed by atoms with E-state index in [0.717, 1.165) is 11.1 Å². The smallest absolute Gasteiger partial charge is 0.270 e. The minimum absolute atomic E-state index is 0.00958. The molecular formula is C22H29N3O5S. The van der Waals surface area contributed by atoms with Crippen LogP contribution in [0.4, 0.5) is 0 Å². The van der Waals surface area contributed by atoms with Crippen LogP contribution in [0.2, 0.25) is 0 Å². The van der Waals surface area contributed by atoms with Gasteiger partial charge in [0, 0.05) is 50.5 Å². The summed E-state index contributed by atoms with van der Waals surface area (Å²) in [5.74, 6) is 0.0232. The van der Waals surface area contributed by atoms with E-state index in [1.807, 2.05) is 19.9 Å². The molecule has 2 amide bonds. The van der Waals surface area contributed by atoms with Gasteiger partial charge in [0.05, 0.1) is 10.9 Å². The van der Waals surface area contributed by atoms with E-state index in [4.69, 9.17) is 4.74 Å². The number of aromatic nitrogens is 1. The number of allylic oxidation sites excluding steroid dienone is 2. The molecule has 0 saturated carbocycles. The van der Waals surface area contributed by atoms with Gasteiger partial charge in [0.1, 0.15) is 11.5 Å². The van der Waals surface area contributed by atoms with Gasteiger partial charge in [-0.1, -0.05) is 26.8 Å². The third kappa shape index (κ3) is 3.39. The number of rotatable bonds is 4. The summed E-state index contributed by atoms with van der Waals surface area (Å²) in [4.78, 5) is 31.7. The first-order valence-corrected chi connectivity index (χ1v) is 12.3. The van der Waals surface area contributed by atoms with Gasteiger partial charge in [-0.3, -0.25) is 9.59 Å². The van der Waals surface area contributed by atoms with E-state index in [9.17, 15) is 18.0 Å². The van der Waals surface area contributed by atoms with Crippen molar-refractivity contribution < 1.29 is 22.7 Å². The van der Waals surface area contributed by atoms with E-state index in [2.05, 4.69) is 4.98 Å². The molecule has 168 valence electrons. The molecule has 0 bridgehead atoms. The molecule has 3 atom stereocenters. The summed E-state index contributed by atoms with van der Waals surface area (Å²) in [5, 5.41) is -0.744. The van der Waals surface area contributed by atoms with Crippen LogP contribution in [-0.2, 0) is 19.4 Å². The summed E-state index contributed by atoms with van der Waals surface area (Å²) in [7, 11) is 0.0205. The minimum atomic E-state index is -3.39. The maximum atomic E-state index is 12.9. The summed E-state index contributed by atoms with van der Waals surface area (Å²) in [6.45, 7) is 5.88. The Morgan fingerprint density at radius 2 is 1.97 bits per heavy atom. The number of hydrogen-bond acceptors (Lipinski definition) is 5. The summed E-state index contributed by atoms with van der Waals surface area (Å²) in [6.07, 6.45) is 3.06. The zero-order valence-corrected chi connectivity index (χ0v) is 19.3. The fraction of sp³-hybridized carbons (Fsp3) is 0.545. The number of ether oxygens (including phenoxy) is 1. The minimum Gasteiger partial charge on any atom is -0.478 e. The van der Waals surface area contributed by atoms with Crippen LogP contribution in [0, 0.1) is 5.92 Å². The molecule has 0 aromatic carbocycles. The number of likely N-dealkylation sites (N-methyl/N-ethyl adjacent to an activating group) is 2. The maximum Gasteiger partial charge on any atom is 0.270 e. The first kappa shape index (κ1) is 21.7. The lowest BCUT2D eigenvalue weighted by atomic mass is 9.82. The van der Waals surface area contributed by atoms with Crippen molar-refractivity contribution >= 4 is 21.7 Å². The van der Waals surface area contributed by atoms with Crippen molar-refractivity contribution in [2.75, 3.05) is 26.4 Å². The van der Waals surface area contributed by atoms with Gasteiger partial charge in [-0.25, -0.2) is 8.42 Å². The Hall–Kier alpha value is -2.55. The molecule has 31 heavy (non-hydrogen) atoms. The Balaban J connectivity index is 1.89. The van der Waals surface area contributed by atoms with Crippen molar-refractivity contribution in [1.29, 1.82) is 0 Å². The van der Waals surface area contributed by atoms with Crippen LogP contribution >= 0.6 is 0 Å². The van der Waals surface area contributed by atoms with Gasteiger partial charge in [0.2, 0.25) is 0 Å². The summed E-state index contributed by atoms with van der Waals surface area (Å²) < 4.78 is 32.0. The monoisotopic (exact) mass is 447 g/mol. The van der Waals surface area contributed by atoms with Gasteiger partial charge in [-0.05, 0) is 17.5 Å². The number of hydrogen-bond donors (Lipinski definition) is 1. The SMILES string of the molecule is CCS(=O)(=O)C1C=C(C2CN(C)C(=O)c3[nH]ccc32)C2=C(C1)N(C)C(=O)C(C(C)C)O2. The molecule has 1 aromatic heterocycles. The van der Waals surface area contributed by atoms with Gasteiger partial charge in [0.15, 0.2) is 15.9 Å². The second-order valence-corrected chi connectivity index (χ2v) is 11.3. The van der Waals surface area contributed by atoms with Crippen LogP contribution in [0.15, 0.2) is 35.4 Å². The third-order valence-corrected chi connectivity index (χ3v) is 8.55. The molecule has 0 radical (unpaired) electrons. The predicted molar refractivity (Wildman–Crippen MR) is 116 cm³/mol. The van der Waals surface area contributed by atoms with E-state index in [0.29, 0.717) is 23.7 Å². The molecule has 0 saturated heterocycles. The largest absolute Gasteiger partial charge is 0.478 e. The average molecular weight is 448 g/mol. The Morgan fingerprint density at radius 1 is 1.26 bits per heavy atom. The number of aromatic amines is 1. The second kappa shape index (κ2) is 7.55. The standard InChI is InChI=1S/C22H29N3O5S/c1-6-31(28,29)13-9-15(16-11-24(4)21(26)18-14(16)7-8-23-18)20-17(10-13)25(5)22(27)19(30-20)12(2)3/h7-9,12-13,16,19,23H,6,10-11H2,1-5H3. The average Bonchev–Trinajstić information content (AvgIpc) is 3.22. The molecule has 3 unspecified atom stereocenters. The predicted octanol–water partition coefficient (Wildman–Crippen LogP) is 2.04. The van der Waals surface area contributed by atoms with Gasteiger partial charge < -0.3 is 19.5 Å². The quantitative estimate of drug-likeness (QED) is 0.761. The second-order valence-electron chi connectivity index (χ2n) is 8.82. The molecule has 0 fully saturated rings. The van der Waals surface area contributed by atoms with Gasteiger partial charge in [0.25, 0.3) is 11.8 Å². The fourth-order valence-electron chi connectivity index (χ4n) is 4.62. The lowest BCUT2D eigenvalue weighted by Crippen LogP contribution is -2.48. The normalized spacial score (nSPS) is 26.6. The highest BCUT2D eigenvalue weighted by molar-refractivity contribution is 7.92. The van der Waals surface area contributed by atoms with E-state index >= 15 is 0 Å². The molecule has 0 spiro atoms. The number of fused-ring (bicyclic) bond motifs is 1. The molecule has 9 heteroatoms. The highest BCUT2D eigenvalue weighted by Gasteiger charge is 2.45. The van der Waals surface area contributed by atoms with Crippen LogP contribution in [0.25, 0.3) is 0 Å². The highest BCUT2D eigenvalue weighted by atomic mass is 32.2. The van der Waals surface area contributed by atoms with E-state index < -0.39 is 21.2 Å². The van der Waals surface area contributed by atoms with Crippen molar-refractivity contribution in [3.63, 3.8) is 0 Å². The van der Waals surface area contributed by atoms with Crippen molar-refractivity contribution in [1.82, 2.24) is 14.8 Å². The number of nitrogens with zero attached hydrogens (tertiary/aromatic N) is 2. The Kier molecular flexibility index (Phi) is 5.28. The number of carbonyl (C=O) groups is 2. The van der Waals surface area contributed by atoms with Crippen LogP contribution in [0.1, 0.15) is 49.2 Å². The number of nitrogens with one attached hydrogen (secondary N) is 1. The number of amides is 2. The molecule has 8 nitrogen and oxygen atoms in total. The Labute approximate surface area is 182 Å². The summed E-state index contributed by atoms with van der Waals surface area (Å²) in [5.41, 5.74) is 2.65. The molecule has 1 N–H and O–H groups in total. The van der Waals surface area contributed by atoms with Crippen molar-refractivity contribution in [2.45, 2.75) is 44.5 Å². The lowest BCUT2D eigenvalue weighted by Gasteiger charge is -2.42. The van der Waals surface area contributed by atoms with Crippen molar-refractivity contribution in [3.8, 4) is 0 Å². The molecule has 3 heterocycles. The maximum absolute atomic E-state index is 12.9. The van der Waals surface area contributed by atoms with Crippen molar-refractivity contribution in [3.05, 3.63) is 46.6 Å². The van der Waals surface area contributed by atoms with E-state index in [1.54, 1.807) is 43.1 Å². The zero-order chi connectivity index (χ0) is 22.7. The molecular weight excluding hydrogens is 418 g/mol. The van der Waals surface area contributed by atoms with Gasteiger partial charge in [-0.2, -0.15) is 0 Å². The lowest BCUT2D eigenvalue weighted by molar-refractivity contribution is -0.144. The van der Waals surface area contributed by atoms with Gasteiger partial charge >= 0.3 is 0 Å². The Morgan fingerprint density at radius 3 is 2.61 bits per heavy atom. The van der Waals surface area contributed by atoms with Gasteiger partial charge in [-0.15, -0.1) is 0 Å². The van der Waals surface area contributed by atoms with Crippen LogP contribution in [-0.4, -0.2) is 72.8 Å². The fourth-order valence-corrected chi connectivity index (χ4v) is 5.81. The summed E-state index contributed by atoms with van der Waals surface area (Å²) >= 11 is 0. The number of H-pyrrole nitrogens is 1. The first-order chi connectivity index (χ1) is 14.6. The first-order valence-electron chi connectivity index (χ1n) is 10.6. The highest BCUT2D eigenvalue weighted by Crippen LogP contribution is 2.44. The summed E-state index contributed by atoms with van der Waals surface area (Å²) in [6, 6.07) is 1.86.